The second-order valence-corrected chi connectivity index (χ2v) is 8.59. The Kier molecular flexibility index (Phi) is 5.54. The fraction of sp³-hybridized carbons (Fsp3) is 0.647. The molecule has 0 radical (unpaired) electrons. The van der Waals surface area contributed by atoms with Crippen LogP contribution in [0.4, 0.5) is 4.39 Å². The van der Waals surface area contributed by atoms with Gasteiger partial charge in [-0.3, -0.25) is 4.90 Å². The van der Waals surface area contributed by atoms with Crippen molar-refractivity contribution in [2.75, 3.05) is 38.5 Å². The molecule has 2 heterocycles. The fourth-order valence-corrected chi connectivity index (χ4v) is 5.13. The highest BCUT2D eigenvalue weighted by atomic mass is 32.2. The first-order valence-electron chi connectivity index (χ1n) is 8.54. The molecule has 2 atom stereocenters. The van der Waals surface area contributed by atoms with Crippen LogP contribution >= 0.6 is 0 Å². The summed E-state index contributed by atoms with van der Waals surface area (Å²) in [6, 6.07) is 6.68. The van der Waals surface area contributed by atoms with E-state index in [4.69, 9.17) is 4.74 Å². The number of halogens is 1. The predicted octanol–water partition coefficient (Wildman–Crippen LogP) is 2.01. The van der Waals surface area contributed by atoms with Gasteiger partial charge < -0.3 is 4.74 Å². The summed E-state index contributed by atoms with van der Waals surface area (Å²) in [7, 11) is -3.27. The minimum absolute atomic E-state index is 0.0729. The average molecular weight is 356 g/mol. The zero-order chi connectivity index (χ0) is 17.2. The maximum Gasteiger partial charge on any atom is 0.216 e. The van der Waals surface area contributed by atoms with Gasteiger partial charge in [-0.25, -0.2) is 12.8 Å². The van der Waals surface area contributed by atoms with E-state index in [0.29, 0.717) is 32.8 Å². The summed E-state index contributed by atoms with van der Waals surface area (Å²) in [5.41, 5.74) is 0.922. The van der Waals surface area contributed by atoms with Crippen LogP contribution in [0.15, 0.2) is 24.3 Å². The van der Waals surface area contributed by atoms with Crippen molar-refractivity contribution in [1.82, 2.24) is 9.21 Å². The van der Waals surface area contributed by atoms with E-state index in [-0.39, 0.29) is 23.7 Å². The van der Waals surface area contributed by atoms with Crippen molar-refractivity contribution in [3.63, 3.8) is 0 Å². The molecule has 5 nitrogen and oxygen atoms in total. The van der Waals surface area contributed by atoms with Crippen molar-refractivity contribution in [1.29, 1.82) is 0 Å². The number of nitrogens with zero attached hydrogens (tertiary/aromatic N) is 2. The van der Waals surface area contributed by atoms with Gasteiger partial charge in [-0.05, 0) is 37.5 Å². The van der Waals surface area contributed by atoms with Gasteiger partial charge >= 0.3 is 0 Å². The molecule has 0 unspecified atom stereocenters. The highest BCUT2D eigenvalue weighted by Gasteiger charge is 2.32. The monoisotopic (exact) mass is 356 g/mol. The minimum Gasteiger partial charge on any atom is -0.377 e. The van der Waals surface area contributed by atoms with Crippen LogP contribution in [0.5, 0.6) is 0 Å². The number of sulfonamides is 1. The first-order valence-corrected chi connectivity index (χ1v) is 10.2. The van der Waals surface area contributed by atoms with Crippen LogP contribution in [0.25, 0.3) is 0 Å². The molecule has 0 amide bonds. The lowest BCUT2D eigenvalue weighted by molar-refractivity contribution is 0.122. The summed E-state index contributed by atoms with van der Waals surface area (Å²) in [6.45, 7) is 4.97. The van der Waals surface area contributed by atoms with E-state index in [0.717, 1.165) is 18.4 Å². The maximum atomic E-state index is 13.4. The molecule has 0 spiro atoms. The molecule has 2 aliphatic rings. The molecule has 0 aromatic heterocycles. The third-order valence-electron chi connectivity index (χ3n) is 4.97. The molecule has 1 aromatic rings. The number of rotatable bonds is 5. The standard InChI is InChI=1S/C17H25FN2O3S/c1-14(15-4-2-5-16(18)12-15)19-7-9-20(10-8-19)24(21,22)13-17-6-3-11-23-17/h2,4-5,12,14,17H,3,6-11,13H2,1H3/t14-,17+/m0/s1. The molecule has 24 heavy (non-hydrogen) atoms. The van der Waals surface area contributed by atoms with Crippen molar-refractivity contribution in [2.45, 2.75) is 31.9 Å². The van der Waals surface area contributed by atoms with Crippen molar-refractivity contribution < 1.29 is 17.5 Å². The molecule has 134 valence electrons. The molecule has 7 heteroatoms. The Morgan fingerprint density at radius 2 is 2.04 bits per heavy atom. The summed E-state index contributed by atoms with van der Waals surface area (Å²) in [6.07, 6.45) is 1.62. The lowest BCUT2D eigenvalue weighted by Crippen LogP contribution is -2.50. The van der Waals surface area contributed by atoms with Crippen LogP contribution in [0, 0.1) is 5.82 Å². The van der Waals surface area contributed by atoms with Crippen LogP contribution in [0.1, 0.15) is 31.4 Å². The van der Waals surface area contributed by atoms with E-state index in [1.807, 2.05) is 13.0 Å². The first kappa shape index (κ1) is 17.8. The van der Waals surface area contributed by atoms with Gasteiger partial charge in [-0.15, -0.1) is 0 Å². The SMILES string of the molecule is C[C@@H](c1cccc(F)c1)N1CCN(S(=O)(=O)C[C@H]2CCCO2)CC1. The largest absolute Gasteiger partial charge is 0.377 e. The summed E-state index contributed by atoms with van der Waals surface area (Å²) in [5.74, 6) is -0.149. The topological polar surface area (TPSA) is 49.9 Å². The zero-order valence-corrected chi connectivity index (χ0v) is 14.8. The minimum atomic E-state index is -3.27. The fourth-order valence-electron chi connectivity index (χ4n) is 3.46. The molecular formula is C17H25FN2O3S. The molecule has 2 saturated heterocycles. The molecule has 1 aromatic carbocycles. The summed E-state index contributed by atoms with van der Waals surface area (Å²) >= 11 is 0. The number of ether oxygens (including phenoxy) is 1. The molecule has 2 fully saturated rings. The van der Waals surface area contributed by atoms with E-state index in [1.54, 1.807) is 16.4 Å². The van der Waals surface area contributed by atoms with E-state index in [2.05, 4.69) is 4.90 Å². The van der Waals surface area contributed by atoms with Crippen molar-refractivity contribution in [3.8, 4) is 0 Å². The Morgan fingerprint density at radius 1 is 1.29 bits per heavy atom. The molecule has 0 N–H and O–H groups in total. The maximum absolute atomic E-state index is 13.4. The van der Waals surface area contributed by atoms with E-state index in [9.17, 15) is 12.8 Å². The molecular weight excluding hydrogens is 331 g/mol. The summed E-state index contributed by atoms with van der Waals surface area (Å²) in [4.78, 5) is 2.20. The second-order valence-electron chi connectivity index (χ2n) is 6.58. The van der Waals surface area contributed by atoms with Crippen LogP contribution in [-0.2, 0) is 14.8 Å². The highest BCUT2D eigenvalue weighted by molar-refractivity contribution is 7.89. The average Bonchev–Trinajstić information content (AvgIpc) is 3.06. The number of hydrogen-bond acceptors (Lipinski definition) is 4. The van der Waals surface area contributed by atoms with E-state index in [1.165, 1.54) is 6.07 Å². The van der Waals surface area contributed by atoms with Gasteiger partial charge in [0.15, 0.2) is 0 Å². The lowest BCUT2D eigenvalue weighted by Gasteiger charge is -2.37. The molecule has 2 aliphatic heterocycles. The molecule has 0 bridgehead atoms. The molecule has 0 aliphatic carbocycles. The van der Waals surface area contributed by atoms with Gasteiger partial charge in [0.2, 0.25) is 10.0 Å². The number of benzene rings is 1. The third kappa shape index (κ3) is 4.14. The van der Waals surface area contributed by atoms with E-state index >= 15 is 0 Å². The van der Waals surface area contributed by atoms with Crippen molar-refractivity contribution in [2.24, 2.45) is 0 Å². The Labute approximate surface area is 143 Å². The summed E-state index contributed by atoms with van der Waals surface area (Å²) < 4.78 is 45.4. The highest BCUT2D eigenvalue weighted by Crippen LogP contribution is 2.24. The van der Waals surface area contributed by atoms with Crippen LogP contribution in [0.3, 0.4) is 0 Å². The lowest BCUT2D eigenvalue weighted by atomic mass is 10.1. The van der Waals surface area contributed by atoms with Crippen LogP contribution < -0.4 is 0 Å². The van der Waals surface area contributed by atoms with Crippen LogP contribution in [-0.4, -0.2) is 62.3 Å². The van der Waals surface area contributed by atoms with Gasteiger partial charge in [0, 0.05) is 38.8 Å². The summed E-state index contributed by atoms with van der Waals surface area (Å²) in [5, 5.41) is 0. The van der Waals surface area contributed by atoms with Gasteiger partial charge in [0.25, 0.3) is 0 Å². The quantitative estimate of drug-likeness (QED) is 0.810. The normalized spacial score (nSPS) is 25.0. The van der Waals surface area contributed by atoms with Crippen molar-refractivity contribution in [3.05, 3.63) is 35.6 Å². The van der Waals surface area contributed by atoms with Crippen LogP contribution in [0.2, 0.25) is 0 Å². The third-order valence-corrected chi connectivity index (χ3v) is 6.91. The Morgan fingerprint density at radius 3 is 2.67 bits per heavy atom. The molecule has 0 saturated carbocycles. The van der Waals surface area contributed by atoms with Gasteiger partial charge in [-0.1, -0.05) is 12.1 Å². The first-order chi connectivity index (χ1) is 11.5. The van der Waals surface area contributed by atoms with E-state index < -0.39 is 10.0 Å². The predicted molar refractivity (Wildman–Crippen MR) is 90.7 cm³/mol. The van der Waals surface area contributed by atoms with Gasteiger partial charge in [-0.2, -0.15) is 4.31 Å². The van der Waals surface area contributed by atoms with Gasteiger partial charge in [0.05, 0.1) is 11.9 Å². The second kappa shape index (κ2) is 7.47. The number of hydrogen-bond donors (Lipinski definition) is 0. The van der Waals surface area contributed by atoms with Gasteiger partial charge in [0.1, 0.15) is 5.82 Å². The van der Waals surface area contributed by atoms with Crippen molar-refractivity contribution >= 4 is 10.0 Å². The Bertz CT molecular complexity index is 654. The smallest absolute Gasteiger partial charge is 0.216 e. The zero-order valence-electron chi connectivity index (χ0n) is 14.0. The Balaban J connectivity index is 1.57. The Hall–Kier alpha value is -1.02. The number of piperazine rings is 1. The molecule has 3 rings (SSSR count).